The third kappa shape index (κ3) is 4.52. The molecule has 0 atom stereocenters. The number of rotatable bonds is 6. The number of anilines is 1. The first-order valence-electron chi connectivity index (χ1n) is 8.49. The van der Waals surface area contributed by atoms with Crippen LogP contribution in [0.5, 0.6) is 0 Å². The van der Waals surface area contributed by atoms with Crippen LogP contribution in [-0.2, 0) is 16.6 Å². The first-order valence-corrected chi connectivity index (χ1v) is 8.49. The molecule has 0 radical (unpaired) electrons. The van der Waals surface area contributed by atoms with Crippen LogP contribution < -0.4 is 5.32 Å². The quantitative estimate of drug-likeness (QED) is 0.539. The predicted octanol–water partition coefficient (Wildman–Crippen LogP) is 3.04. The molecule has 0 aliphatic carbocycles. The Bertz CT molecular complexity index is 970. The number of nitrogens with zero attached hydrogens (tertiary/aromatic N) is 3. The van der Waals surface area contributed by atoms with Gasteiger partial charge < -0.3 is 14.6 Å². The lowest BCUT2D eigenvalue weighted by Crippen LogP contribution is -2.09. The number of hydrogen-bond acceptors (Lipinski definition) is 4. The minimum Gasteiger partial charge on any atom is -0.461 e. The highest BCUT2D eigenvalue weighted by atomic mass is 16.5. The van der Waals surface area contributed by atoms with Gasteiger partial charge in [0, 0.05) is 31.1 Å². The van der Waals surface area contributed by atoms with Crippen LogP contribution in [0.4, 0.5) is 5.69 Å². The Labute approximate surface area is 156 Å². The molecule has 27 heavy (non-hydrogen) atoms. The molecule has 1 N–H and O–H groups in total. The molecular formula is C20H20N4O3. The lowest BCUT2D eigenvalue weighted by Gasteiger charge is -2.01. The fourth-order valence-electron chi connectivity index (χ4n) is 2.54. The van der Waals surface area contributed by atoms with E-state index in [1.54, 1.807) is 47.8 Å². The molecular weight excluding hydrogens is 344 g/mol. The summed E-state index contributed by atoms with van der Waals surface area (Å²) in [6.45, 7) is 2.04. The topological polar surface area (TPSA) is 78.2 Å². The van der Waals surface area contributed by atoms with Gasteiger partial charge in [0.05, 0.1) is 24.2 Å². The number of benzene rings is 1. The van der Waals surface area contributed by atoms with E-state index in [1.807, 2.05) is 36.5 Å². The van der Waals surface area contributed by atoms with Gasteiger partial charge in [0.1, 0.15) is 5.69 Å². The minimum absolute atomic E-state index is 0.297. The van der Waals surface area contributed by atoms with Crippen LogP contribution in [0.2, 0.25) is 0 Å². The number of esters is 1. The van der Waals surface area contributed by atoms with Gasteiger partial charge in [-0.15, -0.1) is 0 Å². The monoisotopic (exact) mass is 364 g/mol. The van der Waals surface area contributed by atoms with E-state index < -0.39 is 5.97 Å². The number of aromatic nitrogens is 3. The molecule has 0 saturated heterocycles. The van der Waals surface area contributed by atoms with Crippen LogP contribution in [0.25, 0.3) is 11.8 Å². The molecule has 0 saturated carbocycles. The summed E-state index contributed by atoms with van der Waals surface area (Å²) in [6, 6.07) is 11.3. The molecule has 7 heteroatoms. The lowest BCUT2D eigenvalue weighted by molar-refractivity contribution is -0.111. The van der Waals surface area contributed by atoms with E-state index in [9.17, 15) is 9.59 Å². The highest BCUT2D eigenvalue weighted by Gasteiger charge is 2.13. The molecule has 138 valence electrons. The van der Waals surface area contributed by atoms with Crippen molar-refractivity contribution in [1.29, 1.82) is 0 Å². The number of aryl methyl sites for hydroxylation is 1. The van der Waals surface area contributed by atoms with Gasteiger partial charge in [0.25, 0.3) is 0 Å². The molecule has 2 heterocycles. The Kier molecular flexibility index (Phi) is 5.51. The molecule has 0 unspecified atom stereocenters. The summed E-state index contributed by atoms with van der Waals surface area (Å²) in [7, 11) is 1.72. The van der Waals surface area contributed by atoms with Crippen molar-refractivity contribution in [2.45, 2.75) is 6.92 Å². The summed E-state index contributed by atoms with van der Waals surface area (Å²) in [6.07, 6.45) is 8.27. The van der Waals surface area contributed by atoms with Crippen LogP contribution in [0.15, 0.2) is 61.1 Å². The van der Waals surface area contributed by atoms with Crippen molar-refractivity contribution < 1.29 is 14.3 Å². The molecule has 0 aliphatic heterocycles. The summed E-state index contributed by atoms with van der Waals surface area (Å²) in [5.74, 6) is -0.729. The highest BCUT2D eigenvalue weighted by molar-refractivity contribution is 6.02. The van der Waals surface area contributed by atoms with Gasteiger partial charge in [-0.3, -0.25) is 4.79 Å². The van der Waals surface area contributed by atoms with Crippen molar-refractivity contribution in [2.24, 2.45) is 7.05 Å². The predicted molar refractivity (Wildman–Crippen MR) is 103 cm³/mol. The van der Waals surface area contributed by atoms with Crippen LogP contribution in [-0.4, -0.2) is 32.8 Å². The normalized spacial score (nSPS) is 10.9. The molecule has 3 aromatic rings. The smallest absolute Gasteiger partial charge is 0.355 e. The van der Waals surface area contributed by atoms with Crippen LogP contribution >= 0.6 is 0 Å². The summed E-state index contributed by atoms with van der Waals surface area (Å²) in [5.41, 5.74) is 2.64. The van der Waals surface area contributed by atoms with Gasteiger partial charge in [-0.1, -0.05) is 18.2 Å². The first-order chi connectivity index (χ1) is 13.1. The zero-order valence-electron chi connectivity index (χ0n) is 15.1. The Morgan fingerprint density at radius 1 is 1.22 bits per heavy atom. The number of ether oxygens (including phenoxy) is 1. The maximum absolute atomic E-state index is 12.1. The van der Waals surface area contributed by atoms with E-state index in [-0.39, 0.29) is 5.91 Å². The van der Waals surface area contributed by atoms with Crippen LogP contribution in [0.1, 0.15) is 23.0 Å². The van der Waals surface area contributed by atoms with Crippen molar-refractivity contribution in [3.63, 3.8) is 0 Å². The van der Waals surface area contributed by atoms with Gasteiger partial charge in [0.2, 0.25) is 5.91 Å². The number of nitrogens with one attached hydrogen (secondary N) is 1. The lowest BCUT2D eigenvalue weighted by atomic mass is 10.3. The Morgan fingerprint density at radius 3 is 2.74 bits per heavy atom. The standard InChI is InChI=1S/C20H20N4O3/c1-3-27-20(26)18-11-16(14-23(18)2)22-19(25)10-9-15-12-21-24(13-15)17-7-5-4-6-8-17/h4-14H,3H2,1-2H3,(H,22,25). The molecule has 1 amide bonds. The molecule has 1 aromatic carbocycles. The van der Waals surface area contributed by atoms with Crippen LogP contribution in [0.3, 0.4) is 0 Å². The summed E-state index contributed by atoms with van der Waals surface area (Å²) >= 11 is 0. The largest absolute Gasteiger partial charge is 0.461 e. The second-order valence-electron chi connectivity index (χ2n) is 5.82. The Hall–Kier alpha value is -3.61. The van der Waals surface area contributed by atoms with Crippen LogP contribution in [0, 0.1) is 0 Å². The molecule has 0 aliphatic rings. The van der Waals surface area contributed by atoms with E-state index >= 15 is 0 Å². The molecule has 0 spiro atoms. The molecule has 0 bridgehead atoms. The summed E-state index contributed by atoms with van der Waals surface area (Å²) in [4.78, 5) is 23.9. The van der Waals surface area contributed by atoms with Gasteiger partial charge in [-0.2, -0.15) is 5.10 Å². The van der Waals surface area contributed by atoms with Crippen molar-refractivity contribution in [3.05, 3.63) is 72.3 Å². The molecule has 0 fully saturated rings. The first kappa shape index (κ1) is 18.2. The van der Waals surface area contributed by atoms with Gasteiger partial charge in [-0.05, 0) is 31.2 Å². The summed E-state index contributed by atoms with van der Waals surface area (Å²) in [5, 5.41) is 7.01. The third-order valence-electron chi connectivity index (χ3n) is 3.81. The second-order valence-corrected chi connectivity index (χ2v) is 5.82. The number of hydrogen-bond donors (Lipinski definition) is 1. The van der Waals surface area contributed by atoms with Gasteiger partial charge in [-0.25, -0.2) is 9.48 Å². The number of carbonyl (C=O) groups is 2. The average Bonchev–Trinajstić information content (AvgIpc) is 3.28. The van der Waals surface area contributed by atoms with Crippen molar-refractivity contribution in [2.75, 3.05) is 11.9 Å². The summed E-state index contributed by atoms with van der Waals surface area (Å²) < 4.78 is 8.32. The van der Waals surface area contributed by atoms with Crippen molar-refractivity contribution in [1.82, 2.24) is 14.3 Å². The third-order valence-corrected chi connectivity index (χ3v) is 3.81. The average molecular weight is 364 g/mol. The molecule has 3 rings (SSSR count). The van der Waals surface area contributed by atoms with Crippen molar-refractivity contribution in [3.8, 4) is 5.69 Å². The van der Waals surface area contributed by atoms with Gasteiger partial charge in [0.15, 0.2) is 0 Å². The van der Waals surface area contributed by atoms with Crippen molar-refractivity contribution >= 4 is 23.6 Å². The molecule has 2 aromatic heterocycles. The fourth-order valence-corrected chi connectivity index (χ4v) is 2.54. The molecule has 7 nitrogen and oxygen atoms in total. The van der Waals surface area contributed by atoms with Gasteiger partial charge >= 0.3 is 5.97 Å². The van der Waals surface area contributed by atoms with E-state index in [0.717, 1.165) is 11.3 Å². The Balaban J connectivity index is 1.64. The fraction of sp³-hybridized carbons (Fsp3) is 0.150. The second kappa shape index (κ2) is 8.18. The minimum atomic E-state index is -0.427. The maximum atomic E-state index is 12.1. The van der Waals surface area contributed by atoms with E-state index in [4.69, 9.17) is 4.74 Å². The van der Waals surface area contributed by atoms with E-state index in [0.29, 0.717) is 18.0 Å². The number of carbonyl (C=O) groups excluding carboxylic acids is 2. The van der Waals surface area contributed by atoms with E-state index in [2.05, 4.69) is 10.4 Å². The van der Waals surface area contributed by atoms with E-state index in [1.165, 1.54) is 6.08 Å². The zero-order chi connectivity index (χ0) is 19.2. The SMILES string of the molecule is CCOC(=O)c1cc(NC(=O)C=Cc2cnn(-c3ccccc3)c2)cn1C. The number of amides is 1. The maximum Gasteiger partial charge on any atom is 0.355 e. The zero-order valence-corrected chi connectivity index (χ0v) is 15.1. The number of para-hydroxylation sites is 1. The Morgan fingerprint density at radius 2 is 2.00 bits per heavy atom. The highest BCUT2D eigenvalue weighted by Crippen LogP contribution is 2.14.